The number of amides is 1. The molecular formula is C22H25ClN2O3S. The fourth-order valence-corrected chi connectivity index (χ4v) is 5.84. The number of hydrogen-bond donors (Lipinski definition) is 0. The fourth-order valence-electron chi connectivity index (χ4n) is 5.14. The van der Waals surface area contributed by atoms with Crippen molar-refractivity contribution in [2.45, 2.75) is 44.8 Å². The predicted octanol–water partition coefficient (Wildman–Crippen LogP) is 4.97. The molecule has 2 fully saturated rings. The van der Waals surface area contributed by atoms with Crippen LogP contribution >= 0.6 is 22.9 Å². The summed E-state index contributed by atoms with van der Waals surface area (Å²) in [7, 11) is 0. The van der Waals surface area contributed by atoms with E-state index in [-0.39, 0.29) is 28.9 Å². The van der Waals surface area contributed by atoms with Gasteiger partial charge in [-0.3, -0.25) is 4.79 Å². The third kappa shape index (κ3) is 3.35. The van der Waals surface area contributed by atoms with Gasteiger partial charge in [-0.1, -0.05) is 11.6 Å². The van der Waals surface area contributed by atoms with Crippen LogP contribution in [0.1, 0.15) is 55.3 Å². The molecule has 2 saturated heterocycles. The van der Waals surface area contributed by atoms with Gasteiger partial charge in [-0.15, -0.1) is 11.3 Å². The van der Waals surface area contributed by atoms with Crippen LogP contribution in [-0.2, 0) is 4.74 Å². The summed E-state index contributed by atoms with van der Waals surface area (Å²) in [6.07, 6.45) is 2.94. The Morgan fingerprint density at radius 3 is 2.83 bits per heavy atom. The molecule has 3 aliphatic rings. The number of aromatic nitrogens is 1. The van der Waals surface area contributed by atoms with E-state index in [1.54, 1.807) is 5.51 Å². The number of piperidine rings is 1. The second kappa shape index (κ2) is 6.96. The first-order chi connectivity index (χ1) is 13.9. The molecule has 154 valence electrons. The third-order valence-corrected chi connectivity index (χ3v) is 7.72. The summed E-state index contributed by atoms with van der Waals surface area (Å²) in [5, 5.41) is 2.54. The summed E-state index contributed by atoms with van der Waals surface area (Å²) in [5.41, 5.74) is 3.11. The van der Waals surface area contributed by atoms with Gasteiger partial charge in [0.25, 0.3) is 5.91 Å². The molecular weight excluding hydrogens is 408 g/mol. The van der Waals surface area contributed by atoms with Gasteiger partial charge < -0.3 is 14.4 Å². The normalized spacial score (nSPS) is 27.1. The number of nitrogens with zero attached hydrogens (tertiary/aromatic N) is 2. The van der Waals surface area contributed by atoms with Crippen molar-refractivity contribution >= 4 is 28.8 Å². The number of likely N-dealkylation sites (tertiary alicyclic amines) is 1. The fraction of sp³-hybridized carbons (Fsp3) is 0.545. The first kappa shape index (κ1) is 19.3. The number of halogens is 1. The van der Waals surface area contributed by atoms with Crippen molar-refractivity contribution in [1.29, 1.82) is 0 Å². The topological polar surface area (TPSA) is 51.7 Å². The minimum Gasteiger partial charge on any atom is -0.487 e. The molecule has 0 aliphatic carbocycles. The van der Waals surface area contributed by atoms with Gasteiger partial charge in [-0.25, -0.2) is 4.98 Å². The Morgan fingerprint density at radius 1 is 1.31 bits per heavy atom. The standard InChI is InChI=1S/C22H25ClN2O3S/c1-21(2)16-10-22(5-7-25(8-6-22)20(26)17-11-29-13-24-17)12-27-19(16)15-9-14(23)3-4-18(15)28-21/h3-4,9,11,13,16,19H,5-8,10,12H2,1-2H3/t16-,19+/m0/s1. The van der Waals surface area contributed by atoms with Gasteiger partial charge in [-0.05, 0) is 56.7 Å². The summed E-state index contributed by atoms with van der Waals surface area (Å²) in [4.78, 5) is 18.7. The molecule has 0 bridgehead atoms. The quantitative estimate of drug-likeness (QED) is 0.638. The van der Waals surface area contributed by atoms with E-state index in [9.17, 15) is 4.79 Å². The lowest BCUT2D eigenvalue weighted by atomic mass is 9.64. The van der Waals surface area contributed by atoms with Crippen LogP contribution in [0.4, 0.5) is 0 Å². The minimum atomic E-state index is -0.313. The summed E-state index contributed by atoms with van der Waals surface area (Å²) in [6.45, 7) is 6.54. The third-order valence-electron chi connectivity index (χ3n) is 6.89. The first-order valence-corrected chi connectivity index (χ1v) is 11.5. The summed E-state index contributed by atoms with van der Waals surface area (Å²) in [5.74, 6) is 1.17. The SMILES string of the molecule is CC1(C)Oc2ccc(Cl)cc2[C@H]2OCC3(CCN(C(=O)c4cscn4)CC3)C[C@@H]21. The van der Waals surface area contributed by atoms with Gasteiger partial charge >= 0.3 is 0 Å². The lowest BCUT2D eigenvalue weighted by Gasteiger charge is -2.54. The van der Waals surface area contributed by atoms with Gasteiger partial charge in [-0.2, -0.15) is 0 Å². The molecule has 0 radical (unpaired) electrons. The highest BCUT2D eigenvalue weighted by Crippen LogP contribution is 2.55. The van der Waals surface area contributed by atoms with E-state index in [1.807, 2.05) is 28.5 Å². The van der Waals surface area contributed by atoms with Gasteiger partial charge in [0.05, 0.1) is 18.2 Å². The Hall–Kier alpha value is -1.63. The maximum Gasteiger partial charge on any atom is 0.273 e. The number of benzene rings is 1. The number of carbonyl (C=O) groups is 1. The maximum atomic E-state index is 12.6. The zero-order valence-corrected chi connectivity index (χ0v) is 18.3. The monoisotopic (exact) mass is 432 g/mol. The number of hydrogen-bond acceptors (Lipinski definition) is 5. The van der Waals surface area contributed by atoms with Crippen molar-refractivity contribution in [2.75, 3.05) is 19.7 Å². The van der Waals surface area contributed by atoms with Crippen LogP contribution in [0.5, 0.6) is 5.75 Å². The second-order valence-electron chi connectivity index (χ2n) is 9.10. The predicted molar refractivity (Wildman–Crippen MR) is 113 cm³/mol. The Bertz CT molecular complexity index is 922. The van der Waals surface area contributed by atoms with E-state index in [2.05, 4.69) is 18.8 Å². The first-order valence-electron chi connectivity index (χ1n) is 10.1. The molecule has 7 heteroatoms. The molecule has 1 aromatic heterocycles. The van der Waals surface area contributed by atoms with Crippen LogP contribution in [0, 0.1) is 11.3 Å². The molecule has 0 N–H and O–H groups in total. The number of ether oxygens (including phenoxy) is 2. The van der Waals surface area contributed by atoms with Crippen molar-refractivity contribution in [3.8, 4) is 5.75 Å². The molecule has 1 aromatic carbocycles. The summed E-state index contributed by atoms with van der Waals surface area (Å²) >= 11 is 7.72. The van der Waals surface area contributed by atoms with Crippen molar-refractivity contribution in [1.82, 2.24) is 9.88 Å². The Morgan fingerprint density at radius 2 is 2.10 bits per heavy atom. The molecule has 29 heavy (non-hydrogen) atoms. The van der Waals surface area contributed by atoms with Crippen LogP contribution in [0.25, 0.3) is 0 Å². The zero-order valence-electron chi connectivity index (χ0n) is 16.7. The number of fused-ring (bicyclic) bond motifs is 3. The van der Waals surface area contributed by atoms with Gasteiger partial charge in [0.1, 0.15) is 17.0 Å². The van der Waals surface area contributed by atoms with E-state index in [4.69, 9.17) is 21.1 Å². The average Bonchev–Trinajstić information content (AvgIpc) is 3.24. The van der Waals surface area contributed by atoms with E-state index in [0.717, 1.165) is 50.3 Å². The van der Waals surface area contributed by atoms with Gasteiger partial charge in [0.15, 0.2) is 0 Å². The van der Waals surface area contributed by atoms with Crippen molar-refractivity contribution < 1.29 is 14.3 Å². The lowest BCUT2D eigenvalue weighted by molar-refractivity contribution is -0.173. The smallest absolute Gasteiger partial charge is 0.273 e. The Balaban J connectivity index is 1.34. The van der Waals surface area contributed by atoms with E-state index in [1.165, 1.54) is 11.3 Å². The average molecular weight is 433 g/mol. The van der Waals surface area contributed by atoms with Crippen molar-refractivity contribution in [2.24, 2.45) is 11.3 Å². The molecule has 5 nitrogen and oxygen atoms in total. The Kier molecular flexibility index (Phi) is 4.64. The largest absolute Gasteiger partial charge is 0.487 e. The molecule has 5 rings (SSSR count). The van der Waals surface area contributed by atoms with E-state index >= 15 is 0 Å². The van der Waals surface area contributed by atoms with Crippen LogP contribution in [0.3, 0.4) is 0 Å². The molecule has 3 aliphatic heterocycles. The van der Waals surface area contributed by atoms with Gasteiger partial charge in [0.2, 0.25) is 0 Å². The highest BCUT2D eigenvalue weighted by atomic mass is 35.5. The summed E-state index contributed by atoms with van der Waals surface area (Å²) < 4.78 is 12.9. The molecule has 1 amide bonds. The van der Waals surface area contributed by atoms with E-state index in [0.29, 0.717) is 10.7 Å². The summed E-state index contributed by atoms with van der Waals surface area (Å²) in [6, 6.07) is 5.80. The lowest BCUT2D eigenvalue weighted by Crippen LogP contribution is -2.54. The molecule has 2 atom stereocenters. The van der Waals surface area contributed by atoms with Crippen LogP contribution < -0.4 is 4.74 Å². The Labute approximate surface area is 180 Å². The van der Waals surface area contributed by atoms with Crippen LogP contribution in [-0.4, -0.2) is 41.1 Å². The molecule has 1 spiro atoms. The maximum absolute atomic E-state index is 12.6. The molecule has 4 heterocycles. The number of rotatable bonds is 1. The molecule has 2 aromatic rings. The molecule has 0 saturated carbocycles. The number of thiazole rings is 1. The van der Waals surface area contributed by atoms with Crippen molar-refractivity contribution in [3.63, 3.8) is 0 Å². The highest BCUT2D eigenvalue weighted by Gasteiger charge is 2.53. The van der Waals surface area contributed by atoms with Crippen LogP contribution in [0.15, 0.2) is 29.1 Å². The highest BCUT2D eigenvalue weighted by molar-refractivity contribution is 7.07. The molecule has 0 unspecified atom stereocenters. The van der Waals surface area contributed by atoms with Gasteiger partial charge in [0, 0.05) is 35.0 Å². The van der Waals surface area contributed by atoms with E-state index < -0.39 is 0 Å². The minimum absolute atomic E-state index is 0.00717. The van der Waals surface area contributed by atoms with Crippen LogP contribution in [0.2, 0.25) is 5.02 Å². The zero-order chi connectivity index (χ0) is 20.2. The number of carbonyl (C=O) groups excluding carboxylic acids is 1. The van der Waals surface area contributed by atoms with Crippen molar-refractivity contribution in [3.05, 3.63) is 45.4 Å². The second-order valence-corrected chi connectivity index (χ2v) is 10.3.